The fourth-order valence-electron chi connectivity index (χ4n) is 4.21. The Morgan fingerprint density at radius 1 is 1.23 bits per heavy atom. The van der Waals surface area contributed by atoms with Crippen molar-refractivity contribution in [2.24, 2.45) is 0 Å². The number of aromatic nitrogens is 2. The summed E-state index contributed by atoms with van der Waals surface area (Å²) in [5, 5.41) is 2.68. The maximum atomic E-state index is 13.4. The quantitative estimate of drug-likeness (QED) is 0.703. The van der Waals surface area contributed by atoms with Crippen LogP contribution in [0.3, 0.4) is 0 Å². The number of carbonyl (C=O) groups excluding carboxylic acids is 2. The Labute approximate surface area is 172 Å². The number of nitrogens with one attached hydrogen (secondary N) is 1. The van der Waals surface area contributed by atoms with Crippen molar-refractivity contribution in [2.75, 3.05) is 23.4 Å². The molecular formula is C22H21FN4O3. The van der Waals surface area contributed by atoms with Gasteiger partial charge in [0.05, 0.1) is 30.1 Å². The molecule has 1 fully saturated rings. The second-order valence-electron chi connectivity index (χ2n) is 7.63. The molecule has 1 saturated heterocycles. The van der Waals surface area contributed by atoms with E-state index in [9.17, 15) is 14.0 Å². The number of hydrogen-bond acceptors (Lipinski definition) is 4. The lowest BCUT2D eigenvalue weighted by atomic mass is 10.1. The van der Waals surface area contributed by atoms with Crippen LogP contribution in [0, 0.1) is 5.82 Å². The Balaban J connectivity index is 1.44. The summed E-state index contributed by atoms with van der Waals surface area (Å²) in [6, 6.07) is 12.5. The first-order chi connectivity index (χ1) is 14.6. The molecule has 8 heteroatoms. The number of benzene rings is 2. The monoisotopic (exact) mass is 408 g/mol. The standard InChI is InChI=1S/C22H21FN4O3/c23-14-5-3-6-15(11-14)24-20(28)12-19-21(29)26(13-16-7-4-10-30-16)22-25-17-8-1-2-9-18(17)27(19)22/h1-3,5-6,8-9,11,16,19H,4,7,10,12-13H2,(H,24,28)/t16-,19+/m1/s1. The zero-order valence-electron chi connectivity index (χ0n) is 16.3. The van der Waals surface area contributed by atoms with E-state index in [-0.39, 0.29) is 24.3 Å². The smallest absolute Gasteiger partial charge is 0.253 e. The van der Waals surface area contributed by atoms with Gasteiger partial charge < -0.3 is 10.1 Å². The lowest BCUT2D eigenvalue weighted by molar-refractivity contribution is -0.124. The number of anilines is 2. The molecule has 0 bridgehead atoms. The van der Waals surface area contributed by atoms with Crippen molar-refractivity contribution in [3.05, 3.63) is 54.3 Å². The Morgan fingerprint density at radius 3 is 2.90 bits per heavy atom. The van der Waals surface area contributed by atoms with Gasteiger partial charge in [-0.15, -0.1) is 0 Å². The van der Waals surface area contributed by atoms with Gasteiger partial charge in [0.15, 0.2) is 0 Å². The second-order valence-corrected chi connectivity index (χ2v) is 7.63. The third-order valence-electron chi connectivity index (χ3n) is 5.58. The van der Waals surface area contributed by atoms with Gasteiger partial charge in [-0.25, -0.2) is 9.37 Å². The molecule has 1 N–H and O–H groups in total. The zero-order valence-corrected chi connectivity index (χ0v) is 16.3. The molecule has 5 rings (SSSR count). The van der Waals surface area contributed by atoms with E-state index in [1.807, 2.05) is 28.8 Å². The maximum Gasteiger partial charge on any atom is 0.253 e. The van der Waals surface area contributed by atoms with Crippen LogP contribution in [0.15, 0.2) is 48.5 Å². The minimum Gasteiger partial charge on any atom is -0.376 e. The van der Waals surface area contributed by atoms with E-state index in [1.54, 1.807) is 11.0 Å². The average Bonchev–Trinajstić information content (AvgIpc) is 3.42. The van der Waals surface area contributed by atoms with Crippen LogP contribution in [-0.4, -0.2) is 40.6 Å². The van der Waals surface area contributed by atoms with E-state index in [0.29, 0.717) is 24.8 Å². The second kappa shape index (κ2) is 7.53. The normalized spacial score (nSPS) is 20.7. The summed E-state index contributed by atoms with van der Waals surface area (Å²) in [6.07, 6.45) is 1.78. The largest absolute Gasteiger partial charge is 0.376 e. The molecule has 0 spiro atoms. The van der Waals surface area contributed by atoms with Gasteiger partial charge in [-0.05, 0) is 43.2 Å². The van der Waals surface area contributed by atoms with Crippen molar-refractivity contribution in [1.82, 2.24) is 9.55 Å². The third-order valence-corrected chi connectivity index (χ3v) is 5.58. The zero-order chi connectivity index (χ0) is 20.7. The highest BCUT2D eigenvalue weighted by Crippen LogP contribution is 2.37. The molecule has 2 aliphatic heterocycles. The van der Waals surface area contributed by atoms with Gasteiger partial charge in [-0.1, -0.05) is 18.2 Å². The number of nitrogens with zero attached hydrogens (tertiary/aromatic N) is 3. The molecule has 2 aliphatic rings. The van der Waals surface area contributed by atoms with Gasteiger partial charge >= 0.3 is 0 Å². The van der Waals surface area contributed by atoms with Crippen LogP contribution in [0.25, 0.3) is 11.0 Å². The Hall–Kier alpha value is -3.26. The topological polar surface area (TPSA) is 76.5 Å². The van der Waals surface area contributed by atoms with Crippen molar-refractivity contribution in [2.45, 2.75) is 31.4 Å². The molecule has 0 aliphatic carbocycles. The molecule has 2 aromatic carbocycles. The van der Waals surface area contributed by atoms with Crippen molar-refractivity contribution < 1.29 is 18.7 Å². The molecule has 30 heavy (non-hydrogen) atoms. The average molecular weight is 408 g/mol. The number of amides is 2. The summed E-state index contributed by atoms with van der Waals surface area (Å²) in [5.74, 6) is -0.426. The molecule has 3 aromatic rings. The number of imidazole rings is 1. The van der Waals surface area contributed by atoms with Crippen molar-refractivity contribution in [3.8, 4) is 0 Å². The van der Waals surface area contributed by atoms with E-state index in [0.717, 1.165) is 23.9 Å². The van der Waals surface area contributed by atoms with Crippen LogP contribution in [0.4, 0.5) is 16.0 Å². The van der Waals surface area contributed by atoms with Gasteiger partial charge in [-0.3, -0.25) is 19.1 Å². The summed E-state index contributed by atoms with van der Waals surface area (Å²) in [4.78, 5) is 32.2. The van der Waals surface area contributed by atoms with Gasteiger partial charge in [0.25, 0.3) is 5.91 Å². The van der Waals surface area contributed by atoms with E-state index in [4.69, 9.17) is 4.74 Å². The molecule has 0 radical (unpaired) electrons. The summed E-state index contributed by atoms with van der Waals surface area (Å²) in [5.41, 5.74) is 1.93. The van der Waals surface area contributed by atoms with Gasteiger partial charge in [0, 0.05) is 12.3 Å². The fraction of sp³-hybridized carbons (Fsp3) is 0.318. The van der Waals surface area contributed by atoms with Crippen molar-refractivity contribution in [3.63, 3.8) is 0 Å². The molecule has 2 atom stereocenters. The van der Waals surface area contributed by atoms with Crippen LogP contribution in [-0.2, 0) is 14.3 Å². The van der Waals surface area contributed by atoms with Gasteiger partial charge in [0.1, 0.15) is 11.9 Å². The van der Waals surface area contributed by atoms with E-state index in [2.05, 4.69) is 10.3 Å². The van der Waals surface area contributed by atoms with E-state index >= 15 is 0 Å². The number of ether oxygens (including phenoxy) is 1. The minimum atomic E-state index is -0.706. The van der Waals surface area contributed by atoms with Crippen molar-refractivity contribution >= 4 is 34.5 Å². The molecule has 2 amide bonds. The number of para-hydroxylation sites is 2. The molecule has 0 saturated carbocycles. The highest BCUT2D eigenvalue weighted by atomic mass is 19.1. The Bertz CT molecular complexity index is 1120. The number of hydrogen-bond donors (Lipinski definition) is 1. The van der Waals surface area contributed by atoms with Crippen LogP contribution in [0.2, 0.25) is 0 Å². The summed E-state index contributed by atoms with van der Waals surface area (Å²) >= 11 is 0. The number of carbonyl (C=O) groups is 2. The van der Waals surface area contributed by atoms with Crippen LogP contribution in [0.1, 0.15) is 25.3 Å². The van der Waals surface area contributed by atoms with Gasteiger partial charge in [-0.2, -0.15) is 0 Å². The SMILES string of the molecule is O=C(C[C@H]1C(=O)N(C[C@H]2CCCO2)c2nc3ccccc3n21)Nc1cccc(F)c1. The molecule has 0 unspecified atom stereocenters. The van der Waals surface area contributed by atoms with Crippen LogP contribution < -0.4 is 10.2 Å². The predicted octanol–water partition coefficient (Wildman–Crippen LogP) is 3.27. The summed E-state index contributed by atoms with van der Waals surface area (Å²) < 4.78 is 21.0. The van der Waals surface area contributed by atoms with E-state index in [1.165, 1.54) is 18.2 Å². The van der Waals surface area contributed by atoms with Crippen LogP contribution >= 0.6 is 0 Å². The first-order valence-electron chi connectivity index (χ1n) is 10.1. The molecule has 7 nitrogen and oxygen atoms in total. The van der Waals surface area contributed by atoms with E-state index < -0.39 is 11.9 Å². The maximum absolute atomic E-state index is 13.4. The molecular weight excluding hydrogens is 387 g/mol. The summed E-state index contributed by atoms with van der Waals surface area (Å²) in [6.45, 7) is 1.12. The molecule has 1 aromatic heterocycles. The predicted molar refractivity (Wildman–Crippen MR) is 110 cm³/mol. The lowest BCUT2D eigenvalue weighted by Crippen LogP contribution is -2.37. The first-order valence-corrected chi connectivity index (χ1v) is 10.1. The van der Waals surface area contributed by atoms with Crippen LogP contribution in [0.5, 0.6) is 0 Å². The number of fused-ring (bicyclic) bond motifs is 3. The number of rotatable bonds is 5. The lowest BCUT2D eigenvalue weighted by Gasteiger charge is -2.19. The number of halogens is 1. The summed E-state index contributed by atoms with van der Waals surface area (Å²) in [7, 11) is 0. The Morgan fingerprint density at radius 2 is 2.10 bits per heavy atom. The van der Waals surface area contributed by atoms with Crippen molar-refractivity contribution in [1.29, 1.82) is 0 Å². The Kier molecular flexibility index (Phi) is 4.71. The first kappa shape index (κ1) is 18.7. The highest BCUT2D eigenvalue weighted by Gasteiger charge is 2.42. The highest BCUT2D eigenvalue weighted by molar-refractivity contribution is 6.05. The minimum absolute atomic E-state index is 0.0258. The molecule has 154 valence electrons. The fourth-order valence-corrected chi connectivity index (χ4v) is 4.21. The third kappa shape index (κ3) is 3.33. The van der Waals surface area contributed by atoms with Gasteiger partial charge in [0.2, 0.25) is 11.9 Å². The molecule has 3 heterocycles.